The Morgan fingerprint density at radius 1 is 1.29 bits per heavy atom. The number of anilines is 1. The molecule has 0 radical (unpaired) electrons. The SMILES string of the molecule is COc1cc(C)c(NCC(O)CN)cc1OC. The molecule has 5 heteroatoms. The van der Waals surface area contributed by atoms with Gasteiger partial charge in [0, 0.05) is 24.8 Å². The summed E-state index contributed by atoms with van der Waals surface area (Å²) in [5.41, 5.74) is 7.26. The number of benzene rings is 1. The van der Waals surface area contributed by atoms with Gasteiger partial charge in [-0.2, -0.15) is 0 Å². The van der Waals surface area contributed by atoms with E-state index >= 15 is 0 Å². The van der Waals surface area contributed by atoms with E-state index < -0.39 is 6.10 Å². The van der Waals surface area contributed by atoms with Crippen LogP contribution in [0.4, 0.5) is 5.69 Å². The molecule has 17 heavy (non-hydrogen) atoms. The Morgan fingerprint density at radius 3 is 2.41 bits per heavy atom. The minimum absolute atomic E-state index is 0.235. The number of aliphatic hydroxyl groups excluding tert-OH is 1. The first kappa shape index (κ1) is 13.6. The second-order valence-corrected chi connectivity index (χ2v) is 3.79. The minimum Gasteiger partial charge on any atom is -0.493 e. The maximum Gasteiger partial charge on any atom is 0.162 e. The van der Waals surface area contributed by atoms with E-state index in [1.807, 2.05) is 19.1 Å². The Labute approximate surface area is 102 Å². The molecule has 1 aromatic rings. The summed E-state index contributed by atoms with van der Waals surface area (Å²) in [4.78, 5) is 0. The lowest BCUT2D eigenvalue weighted by Gasteiger charge is -2.15. The minimum atomic E-state index is -0.553. The molecule has 0 fully saturated rings. The number of hydrogen-bond acceptors (Lipinski definition) is 5. The van der Waals surface area contributed by atoms with E-state index in [4.69, 9.17) is 15.2 Å². The third-order valence-corrected chi connectivity index (χ3v) is 2.53. The van der Waals surface area contributed by atoms with Gasteiger partial charge in [-0.05, 0) is 18.6 Å². The molecule has 0 bridgehead atoms. The van der Waals surface area contributed by atoms with Gasteiger partial charge in [0.25, 0.3) is 0 Å². The van der Waals surface area contributed by atoms with Gasteiger partial charge in [-0.25, -0.2) is 0 Å². The van der Waals surface area contributed by atoms with Crippen LogP contribution in [-0.4, -0.2) is 38.5 Å². The summed E-state index contributed by atoms with van der Waals surface area (Å²) in [7, 11) is 3.19. The highest BCUT2D eigenvalue weighted by Crippen LogP contribution is 2.32. The monoisotopic (exact) mass is 240 g/mol. The van der Waals surface area contributed by atoms with E-state index in [0.717, 1.165) is 11.3 Å². The number of methoxy groups -OCH3 is 2. The Balaban J connectivity index is 2.85. The zero-order valence-electron chi connectivity index (χ0n) is 10.5. The van der Waals surface area contributed by atoms with Crippen molar-refractivity contribution < 1.29 is 14.6 Å². The average molecular weight is 240 g/mol. The molecule has 4 N–H and O–H groups in total. The third kappa shape index (κ3) is 3.51. The molecule has 0 aliphatic carbocycles. The summed E-state index contributed by atoms with van der Waals surface area (Å²) in [6.45, 7) is 2.60. The number of aryl methyl sites for hydroxylation is 1. The van der Waals surface area contributed by atoms with Gasteiger partial charge in [-0.3, -0.25) is 0 Å². The molecule has 1 atom stereocenters. The van der Waals surface area contributed by atoms with E-state index in [0.29, 0.717) is 18.0 Å². The molecule has 0 aromatic heterocycles. The molecule has 96 valence electrons. The molecule has 0 aliphatic rings. The topological polar surface area (TPSA) is 76.7 Å². The summed E-state index contributed by atoms with van der Waals surface area (Å²) in [6, 6.07) is 3.73. The lowest BCUT2D eigenvalue weighted by Crippen LogP contribution is -2.27. The highest BCUT2D eigenvalue weighted by molar-refractivity contribution is 5.60. The predicted octanol–water partition coefficient (Wildman–Crippen LogP) is 0.744. The number of hydrogen-bond donors (Lipinski definition) is 3. The van der Waals surface area contributed by atoms with Gasteiger partial charge in [0.05, 0.1) is 20.3 Å². The maximum atomic E-state index is 9.39. The van der Waals surface area contributed by atoms with Crippen molar-refractivity contribution in [2.75, 3.05) is 32.6 Å². The molecule has 5 nitrogen and oxygen atoms in total. The molecule has 0 saturated carbocycles. The standard InChI is InChI=1S/C12H20N2O3/c1-8-4-11(16-2)12(17-3)5-10(8)14-7-9(15)6-13/h4-5,9,14-15H,6-7,13H2,1-3H3. The van der Waals surface area contributed by atoms with Crippen molar-refractivity contribution >= 4 is 5.69 Å². The normalized spacial score (nSPS) is 12.1. The van der Waals surface area contributed by atoms with Crippen molar-refractivity contribution in [2.45, 2.75) is 13.0 Å². The summed E-state index contributed by atoms with van der Waals surface area (Å²) in [5, 5.41) is 12.5. The molecule has 1 unspecified atom stereocenters. The third-order valence-electron chi connectivity index (χ3n) is 2.53. The molecule has 1 rings (SSSR count). The fraction of sp³-hybridized carbons (Fsp3) is 0.500. The van der Waals surface area contributed by atoms with Gasteiger partial charge in [0.1, 0.15) is 0 Å². The van der Waals surface area contributed by atoms with Crippen LogP contribution in [0.5, 0.6) is 11.5 Å². The highest BCUT2D eigenvalue weighted by atomic mass is 16.5. The van der Waals surface area contributed by atoms with Crippen LogP contribution in [0.3, 0.4) is 0 Å². The van der Waals surface area contributed by atoms with Gasteiger partial charge in [-0.15, -0.1) is 0 Å². The van der Waals surface area contributed by atoms with Crippen LogP contribution in [0.25, 0.3) is 0 Å². The second kappa shape index (κ2) is 6.32. The van der Waals surface area contributed by atoms with E-state index in [9.17, 15) is 5.11 Å². The Morgan fingerprint density at radius 2 is 1.88 bits per heavy atom. The first-order chi connectivity index (χ1) is 8.12. The van der Waals surface area contributed by atoms with E-state index in [-0.39, 0.29) is 6.54 Å². The maximum absolute atomic E-state index is 9.39. The predicted molar refractivity (Wildman–Crippen MR) is 67.8 cm³/mol. The molecular formula is C12H20N2O3. The van der Waals surface area contributed by atoms with Crippen LogP contribution in [0.2, 0.25) is 0 Å². The number of nitrogens with one attached hydrogen (secondary N) is 1. The molecule has 1 aromatic carbocycles. The first-order valence-electron chi connectivity index (χ1n) is 5.47. The van der Waals surface area contributed by atoms with Crippen LogP contribution in [0.15, 0.2) is 12.1 Å². The van der Waals surface area contributed by atoms with Crippen LogP contribution in [0, 0.1) is 6.92 Å². The lowest BCUT2D eigenvalue weighted by molar-refractivity contribution is 0.196. The fourth-order valence-electron chi connectivity index (χ4n) is 1.48. The van der Waals surface area contributed by atoms with Crippen molar-refractivity contribution in [3.8, 4) is 11.5 Å². The van der Waals surface area contributed by atoms with Gasteiger partial charge >= 0.3 is 0 Å². The summed E-state index contributed by atoms with van der Waals surface area (Å²) in [6.07, 6.45) is -0.553. The number of aliphatic hydroxyl groups is 1. The number of rotatable bonds is 6. The molecule has 0 spiro atoms. The highest BCUT2D eigenvalue weighted by Gasteiger charge is 2.09. The van der Waals surface area contributed by atoms with Crippen molar-refractivity contribution in [3.05, 3.63) is 17.7 Å². The quantitative estimate of drug-likeness (QED) is 0.684. The van der Waals surface area contributed by atoms with Crippen LogP contribution < -0.4 is 20.5 Å². The summed E-state index contributed by atoms with van der Waals surface area (Å²) >= 11 is 0. The van der Waals surface area contributed by atoms with Crippen molar-refractivity contribution in [3.63, 3.8) is 0 Å². The largest absolute Gasteiger partial charge is 0.493 e. The zero-order chi connectivity index (χ0) is 12.8. The van der Waals surface area contributed by atoms with Crippen molar-refractivity contribution in [1.82, 2.24) is 0 Å². The Hall–Kier alpha value is -1.46. The van der Waals surface area contributed by atoms with Crippen molar-refractivity contribution in [2.24, 2.45) is 5.73 Å². The van der Waals surface area contributed by atoms with E-state index in [1.54, 1.807) is 14.2 Å². The lowest BCUT2D eigenvalue weighted by atomic mass is 10.1. The van der Waals surface area contributed by atoms with E-state index in [1.165, 1.54) is 0 Å². The molecule has 0 saturated heterocycles. The van der Waals surface area contributed by atoms with Crippen LogP contribution in [-0.2, 0) is 0 Å². The number of ether oxygens (including phenoxy) is 2. The molecule has 0 aliphatic heterocycles. The number of nitrogens with two attached hydrogens (primary N) is 1. The zero-order valence-corrected chi connectivity index (χ0v) is 10.5. The molecule has 0 heterocycles. The Kier molecular flexibility index (Phi) is 5.06. The average Bonchev–Trinajstić information content (AvgIpc) is 2.36. The van der Waals surface area contributed by atoms with Crippen LogP contribution in [0.1, 0.15) is 5.56 Å². The van der Waals surface area contributed by atoms with Gasteiger partial charge in [0.15, 0.2) is 11.5 Å². The van der Waals surface area contributed by atoms with Crippen LogP contribution >= 0.6 is 0 Å². The summed E-state index contributed by atoms with van der Waals surface area (Å²) in [5.74, 6) is 1.35. The molecular weight excluding hydrogens is 220 g/mol. The first-order valence-corrected chi connectivity index (χ1v) is 5.47. The van der Waals surface area contributed by atoms with Gasteiger partial charge < -0.3 is 25.6 Å². The van der Waals surface area contributed by atoms with E-state index in [2.05, 4.69) is 5.32 Å². The smallest absolute Gasteiger partial charge is 0.162 e. The summed E-state index contributed by atoms with van der Waals surface area (Å²) < 4.78 is 10.4. The Bertz CT molecular complexity index is 369. The molecule has 0 amide bonds. The fourth-order valence-corrected chi connectivity index (χ4v) is 1.48. The van der Waals surface area contributed by atoms with Gasteiger partial charge in [0.2, 0.25) is 0 Å². The van der Waals surface area contributed by atoms with Gasteiger partial charge in [-0.1, -0.05) is 0 Å². The van der Waals surface area contributed by atoms with Crippen molar-refractivity contribution in [1.29, 1.82) is 0 Å². The second-order valence-electron chi connectivity index (χ2n) is 3.79.